The SMILES string of the molecule is Cc1c(NC(=O)N2CCN(c3ccncc3Cl)CC2)cccc1N(C)C. The molecule has 1 N–H and O–H groups in total. The van der Waals surface area contributed by atoms with Gasteiger partial charge in [-0.1, -0.05) is 17.7 Å². The van der Waals surface area contributed by atoms with Crippen molar-refractivity contribution >= 4 is 34.7 Å². The molecule has 0 unspecified atom stereocenters. The maximum Gasteiger partial charge on any atom is 0.321 e. The average Bonchev–Trinajstić information content (AvgIpc) is 2.64. The minimum atomic E-state index is -0.0653. The molecule has 1 aliphatic rings. The number of halogens is 1. The van der Waals surface area contributed by atoms with Gasteiger partial charge >= 0.3 is 6.03 Å². The first-order valence-corrected chi connectivity index (χ1v) is 9.02. The number of benzene rings is 1. The Labute approximate surface area is 159 Å². The topological polar surface area (TPSA) is 51.7 Å². The second-order valence-corrected chi connectivity index (χ2v) is 6.98. The predicted molar refractivity (Wildman–Crippen MR) is 108 cm³/mol. The first-order valence-electron chi connectivity index (χ1n) is 8.64. The van der Waals surface area contributed by atoms with E-state index in [-0.39, 0.29) is 6.03 Å². The van der Waals surface area contributed by atoms with E-state index in [0.717, 1.165) is 35.7 Å². The minimum Gasteiger partial charge on any atom is -0.377 e. The van der Waals surface area contributed by atoms with Gasteiger partial charge in [-0.3, -0.25) is 4.98 Å². The zero-order chi connectivity index (χ0) is 18.7. The van der Waals surface area contributed by atoms with Crippen molar-refractivity contribution in [2.45, 2.75) is 6.92 Å². The number of piperazine rings is 1. The first kappa shape index (κ1) is 18.3. The molecule has 3 rings (SSSR count). The number of urea groups is 1. The lowest BCUT2D eigenvalue weighted by molar-refractivity contribution is 0.208. The largest absolute Gasteiger partial charge is 0.377 e. The molecule has 138 valence electrons. The normalized spacial score (nSPS) is 14.3. The highest BCUT2D eigenvalue weighted by atomic mass is 35.5. The summed E-state index contributed by atoms with van der Waals surface area (Å²) in [5.41, 5.74) is 3.98. The van der Waals surface area contributed by atoms with Crippen LogP contribution in [0.25, 0.3) is 0 Å². The molecule has 0 saturated carbocycles. The monoisotopic (exact) mass is 373 g/mol. The van der Waals surface area contributed by atoms with E-state index in [9.17, 15) is 4.79 Å². The summed E-state index contributed by atoms with van der Waals surface area (Å²) in [6.45, 7) is 4.81. The number of rotatable bonds is 3. The summed E-state index contributed by atoms with van der Waals surface area (Å²) < 4.78 is 0. The van der Waals surface area contributed by atoms with Gasteiger partial charge in [0.2, 0.25) is 0 Å². The highest BCUT2D eigenvalue weighted by Crippen LogP contribution is 2.27. The van der Waals surface area contributed by atoms with Crippen molar-refractivity contribution in [2.24, 2.45) is 0 Å². The van der Waals surface area contributed by atoms with E-state index in [0.29, 0.717) is 18.1 Å². The standard InChI is InChI=1S/C19H24ClN5O/c1-14-16(5-4-6-17(14)23(2)3)22-19(26)25-11-9-24(10-12-25)18-7-8-21-13-15(18)20/h4-8,13H,9-12H2,1-3H3,(H,22,26). The quantitative estimate of drug-likeness (QED) is 0.895. The van der Waals surface area contributed by atoms with Gasteiger partial charge in [-0.05, 0) is 30.7 Å². The van der Waals surface area contributed by atoms with Crippen LogP contribution in [0.5, 0.6) is 0 Å². The van der Waals surface area contributed by atoms with Crippen LogP contribution in [0.1, 0.15) is 5.56 Å². The van der Waals surface area contributed by atoms with Crippen LogP contribution >= 0.6 is 11.6 Å². The molecule has 1 fully saturated rings. The lowest BCUT2D eigenvalue weighted by Crippen LogP contribution is -2.50. The van der Waals surface area contributed by atoms with Crippen molar-refractivity contribution in [3.8, 4) is 0 Å². The molecule has 0 bridgehead atoms. The van der Waals surface area contributed by atoms with Crippen LogP contribution in [0.15, 0.2) is 36.7 Å². The van der Waals surface area contributed by atoms with E-state index in [4.69, 9.17) is 11.6 Å². The van der Waals surface area contributed by atoms with Gasteiger partial charge in [0, 0.05) is 64.0 Å². The number of hydrogen-bond acceptors (Lipinski definition) is 4. The highest BCUT2D eigenvalue weighted by molar-refractivity contribution is 6.33. The van der Waals surface area contributed by atoms with Crippen molar-refractivity contribution in [2.75, 3.05) is 55.4 Å². The smallest absolute Gasteiger partial charge is 0.321 e. The summed E-state index contributed by atoms with van der Waals surface area (Å²) in [7, 11) is 3.99. The molecule has 0 radical (unpaired) electrons. The number of nitrogens with one attached hydrogen (secondary N) is 1. The third-order valence-electron chi connectivity index (χ3n) is 4.69. The zero-order valence-corrected chi connectivity index (χ0v) is 16.1. The summed E-state index contributed by atoms with van der Waals surface area (Å²) in [6.07, 6.45) is 3.39. The van der Waals surface area contributed by atoms with Crippen molar-refractivity contribution in [3.05, 3.63) is 47.2 Å². The summed E-state index contributed by atoms with van der Waals surface area (Å²) >= 11 is 6.22. The van der Waals surface area contributed by atoms with E-state index < -0.39 is 0 Å². The molecule has 6 nitrogen and oxygen atoms in total. The number of amides is 2. The molecule has 0 spiro atoms. The molecule has 1 saturated heterocycles. The van der Waals surface area contributed by atoms with Crippen molar-refractivity contribution < 1.29 is 4.79 Å². The lowest BCUT2D eigenvalue weighted by Gasteiger charge is -2.36. The van der Waals surface area contributed by atoms with Crippen LogP contribution in [-0.4, -0.2) is 56.2 Å². The molecule has 1 aromatic carbocycles. The van der Waals surface area contributed by atoms with E-state index in [1.165, 1.54) is 0 Å². The van der Waals surface area contributed by atoms with Crippen LogP contribution in [-0.2, 0) is 0 Å². The third-order valence-corrected chi connectivity index (χ3v) is 4.98. The number of hydrogen-bond donors (Lipinski definition) is 1. The number of anilines is 3. The summed E-state index contributed by atoms with van der Waals surface area (Å²) in [6, 6.07) is 7.79. The van der Waals surface area contributed by atoms with Crippen LogP contribution in [0.2, 0.25) is 5.02 Å². The van der Waals surface area contributed by atoms with Crippen LogP contribution in [0.4, 0.5) is 21.9 Å². The van der Waals surface area contributed by atoms with Gasteiger partial charge in [-0.15, -0.1) is 0 Å². The second kappa shape index (κ2) is 7.83. The Kier molecular flexibility index (Phi) is 5.52. The maximum absolute atomic E-state index is 12.7. The fourth-order valence-electron chi connectivity index (χ4n) is 3.21. The highest BCUT2D eigenvalue weighted by Gasteiger charge is 2.23. The van der Waals surface area contributed by atoms with Gasteiger partial charge in [0.15, 0.2) is 0 Å². The van der Waals surface area contributed by atoms with Crippen molar-refractivity contribution in [1.29, 1.82) is 0 Å². The molecule has 1 aromatic heterocycles. The summed E-state index contributed by atoms with van der Waals surface area (Å²) in [5, 5.41) is 3.69. The van der Waals surface area contributed by atoms with Gasteiger partial charge in [-0.2, -0.15) is 0 Å². The Morgan fingerprint density at radius 1 is 1.19 bits per heavy atom. The zero-order valence-electron chi connectivity index (χ0n) is 15.4. The Bertz CT molecular complexity index is 787. The van der Waals surface area contributed by atoms with Crippen molar-refractivity contribution in [3.63, 3.8) is 0 Å². The van der Waals surface area contributed by atoms with Gasteiger partial charge in [0.05, 0.1) is 10.7 Å². The van der Waals surface area contributed by atoms with Gasteiger partial charge in [-0.25, -0.2) is 4.79 Å². The Hall–Kier alpha value is -2.47. The molecule has 2 heterocycles. The molecule has 2 aromatic rings. The average molecular weight is 374 g/mol. The van der Waals surface area contributed by atoms with E-state index in [1.54, 1.807) is 12.4 Å². The Balaban J connectivity index is 1.63. The molecule has 1 aliphatic heterocycles. The lowest BCUT2D eigenvalue weighted by atomic mass is 10.1. The van der Waals surface area contributed by atoms with E-state index >= 15 is 0 Å². The van der Waals surface area contributed by atoms with Crippen molar-refractivity contribution in [1.82, 2.24) is 9.88 Å². The van der Waals surface area contributed by atoms with E-state index in [2.05, 4.69) is 15.2 Å². The van der Waals surface area contributed by atoms with Gasteiger partial charge in [0.1, 0.15) is 0 Å². The molecule has 0 aliphatic carbocycles. The molecular formula is C19H24ClN5O. The van der Waals surface area contributed by atoms with Gasteiger partial charge in [0.25, 0.3) is 0 Å². The predicted octanol–water partition coefficient (Wildman–Crippen LogP) is 3.46. The third kappa shape index (κ3) is 3.85. The second-order valence-electron chi connectivity index (χ2n) is 6.58. The number of aromatic nitrogens is 1. The number of carbonyl (C=O) groups is 1. The van der Waals surface area contributed by atoms with E-state index in [1.807, 2.05) is 55.1 Å². The van der Waals surface area contributed by atoms with Crippen LogP contribution in [0, 0.1) is 6.92 Å². The fraction of sp³-hybridized carbons (Fsp3) is 0.368. The van der Waals surface area contributed by atoms with Gasteiger partial charge < -0.3 is 20.0 Å². The number of nitrogens with zero attached hydrogens (tertiary/aromatic N) is 4. The van der Waals surface area contributed by atoms with Crippen LogP contribution < -0.4 is 15.1 Å². The summed E-state index contributed by atoms with van der Waals surface area (Å²) in [5.74, 6) is 0. The Morgan fingerprint density at radius 2 is 1.92 bits per heavy atom. The summed E-state index contributed by atoms with van der Waals surface area (Å²) in [4.78, 5) is 22.7. The molecule has 7 heteroatoms. The van der Waals surface area contributed by atoms with Crippen LogP contribution in [0.3, 0.4) is 0 Å². The fourth-order valence-corrected chi connectivity index (χ4v) is 3.45. The Morgan fingerprint density at radius 3 is 2.58 bits per heavy atom. The number of pyridine rings is 1. The molecule has 26 heavy (non-hydrogen) atoms. The minimum absolute atomic E-state index is 0.0653. The molecule has 0 atom stereocenters. The molecule has 2 amide bonds. The maximum atomic E-state index is 12.7. The molecular weight excluding hydrogens is 350 g/mol. The number of carbonyl (C=O) groups excluding carboxylic acids is 1. The first-order chi connectivity index (χ1) is 12.5.